The van der Waals surface area contributed by atoms with Gasteiger partial charge >= 0.3 is 0 Å². The van der Waals surface area contributed by atoms with Crippen LogP contribution in [0.25, 0.3) is 0 Å². The van der Waals surface area contributed by atoms with E-state index >= 15 is 0 Å². The van der Waals surface area contributed by atoms with Gasteiger partial charge in [-0.2, -0.15) is 0 Å². The topological polar surface area (TPSA) is 57.0 Å². The van der Waals surface area contributed by atoms with Gasteiger partial charge in [0.2, 0.25) is 0 Å². The Bertz CT molecular complexity index is 390. The minimum absolute atomic E-state index is 0.172. The second-order valence-corrected chi connectivity index (χ2v) is 4.36. The van der Waals surface area contributed by atoms with Gasteiger partial charge < -0.3 is 19.2 Å². The molecule has 1 fully saturated rings. The summed E-state index contributed by atoms with van der Waals surface area (Å²) in [5.74, 6) is 6.86. The largest absolute Gasteiger partial charge is 0.497 e. The predicted octanol–water partition coefficient (Wildman–Crippen LogP) is 1.56. The molecule has 0 amide bonds. The number of hydrogen-bond acceptors (Lipinski definition) is 5. The fourth-order valence-electron chi connectivity index (χ4n) is 2.28. The van der Waals surface area contributed by atoms with E-state index < -0.39 is 0 Å². The Labute approximate surface area is 107 Å². The lowest BCUT2D eigenvalue weighted by molar-refractivity contribution is 0.0367. The monoisotopic (exact) mass is 252 g/mol. The molecule has 1 aromatic rings. The first-order valence-electron chi connectivity index (χ1n) is 6.11. The molecule has 1 aromatic carbocycles. The van der Waals surface area contributed by atoms with Gasteiger partial charge in [-0.25, -0.2) is 5.90 Å². The second-order valence-electron chi connectivity index (χ2n) is 4.36. The molecule has 0 aliphatic carbocycles. The molecule has 5 nitrogen and oxygen atoms in total. The van der Waals surface area contributed by atoms with Crippen molar-refractivity contribution in [1.82, 2.24) is 0 Å². The van der Waals surface area contributed by atoms with Gasteiger partial charge in [-0.15, -0.1) is 0 Å². The summed E-state index contributed by atoms with van der Waals surface area (Å²) in [5.41, 5.74) is 1.09. The maximum absolute atomic E-state index is 5.42. The number of ether oxygens (including phenoxy) is 2. The smallest absolute Gasteiger partial charge is 0.145 e. The molecular weight excluding hydrogens is 232 g/mol. The van der Waals surface area contributed by atoms with Crippen molar-refractivity contribution < 1.29 is 14.3 Å². The van der Waals surface area contributed by atoms with Crippen LogP contribution in [0.4, 0.5) is 5.69 Å². The average molecular weight is 252 g/mol. The average Bonchev–Trinajstić information content (AvgIpc) is 2.46. The Morgan fingerprint density at radius 3 is 2.44 bits per heavy atom. The third kappa shape index (κ3) is 2.68. The van der Waals surface area contributed by atoms with Crippen LogP contribution in [-0.4, -0.2) is 33.4 Å². The molecule has 1 aliphatic heterocycles. The van der Waals surface area contributed by atoms with Crippen LogP contribution in [-0.2, 0) is 4.84 Å². The van der Waals surface area contributed by atoms with E-state index in [0.29, 0.717) is 0 Å². The fourth-order valence-corrected chi connectivity index (χ4v) is 2.28. The molecule has 0 radical (unpaired) electrons. The molecule has 2 rings (SSSR count). The number of methoxy groups -OCH3 is 2. The molecule has 0 aromatic heterocycles. The molecule has 5 heteroatoms. The van der Waals surface area contributed by atoms with Crippen molar-refractivity contribution in [3.8, 4) is 11.5 Å². The highest BCUT2D eigenvalue weighted by atomic mass is 16.6. The zero-order valence-corrected chi connectivity index (χ0v) is 10.9. The first-order chi connectivity index (χ1) is 8.78. The van der Waals surface area contributed by atoms with Gasteiger partial charge in [0.15, 0.2) is 0 Å². The van der Waals surface area contributed by atoms with Crippen molar-refractivity contribution >= 4 is 5.69 Å². The zero-order chi connectivity index (χ0) is 13.0. The van der Waals surface area contributed by atoms with Crippen LogP contribution in [0, 0.1) is 0 Å². The zero-order valence-electron chi connectivity index (χ0n) is 10.9. The van der Waals surface area contributed by atoms with Crippen LogP contribution in [0.2, 0.25) is 0 Å². The normalized spacial score (nSPS) is 16.7. The maximum Gasteiger partial charge on any atom is 0.145 e. The molecule has 1 saturated heterocycles. The van der Waals surface area contributed by atoms with Crippen LogP contribution >= 0.6 is 0 Å². The van der Waals surface area contributed by atoms with Gasteiger partial charge in [0.25, 0.3) is 0 Å². The van der Waals surface area contributed by atoms with Gasteiger partial charge in [0.05, 0.1) is 26.0 Å². The van der Waals surface area contributed by atoms with Crippen LogP contribution in [0.1, 0.15) is 12.8 Å². The van der Waals surface area contributed by atoms with E-state index in [9.17, 15) is 0 Å². The molecule has 100 valence electrons. The number of nitrogens with zero attached hydrogens (tertiary/aromatic N) is 1. The highest BCUT2D eigenvalue weighted by molar-refractivity contribution is 5.61. The van der Waals surface area contributed by atoms with Gasteiger partial charge in [-0.3, -0.25) is 0 Å². The van der Waals surface area contributed by atoms with Gasteiger partial charge in [-0.1, -0.05) is 0 Å². The summed E-state index contributed by atoms with van der Waals surface area (Å²) in [6.45, 7) is 1.84. The van der Waals surface area contributed by atoms with E-state index in [2.05, 4.69) is 4.90 Å². The molecule has 0 spiro atoms. The van der Waals surface area contributed by atoms with Gasteiger partial charge in [0.1, 0.15) is 11.5 Å². The molecule has 18 heavy (non-hydrogen) atoms. The predicted molar refractivity (Wildman–Crippen MR) is 70.1 cm³/mol. The quantitative estimate of drug-likeness (QED) is 0.824. The summed E-state index contributed by atoms with van der Waals surface area (Å²) < 4.78 is 10.6. The van der Waals surface area contributed by atoms with E-state index in [-0.39, 0.29) is 6.10 Å². The van der Waals surface area contributed by atoms with Crippen LogP contribution < -0.4 is 20.3 Å². The number of piperidine rings is 1. The molecule has 1 aliphatic rings. The lowest BCUT2D eigenvalue weighted by Crippen LogP contribution is -2.38. The maximum atomic E-state index is 5.42. The Hall–Kier alpha value is -1.46. The Morgan fingerprint density at radius 2 is 1.89 bits per heavy atom. The fraction of sp³-hybridized carbons (Fsp3) is 0.538. The summed E-state index contributed by atoms with van der Waals surface area (Å²) in [4.78, 5) is 7.18. The Kier molecular flexibility index (Phi) is 4.28. The van der Waals surface area contributed by atoms with Crippen molar-refractivity contribution in [2.75, 3.05) is 32.2 Å². The Balaban J connectivity index is 2.13. The van der Waals surface area contributed by atoms with Crippen molar-refractivity contribution in [2.45, 2.75) is 18.9 Å². The standard InChI is InChI=1S/C13H20N2O3/c1-16-11-3-4-12(13(9-11)17-2)15-7-5-10(18-14)6-8-15/h3-4,9-10H,5-8,14H2,1-2H3. The van der Waals surface area contributed by atoms with E-state index in [0.717, 1.165) is 43.1 Å². The van der Waals surface area contributed by atoms with E-state index in [1.54, 1.807) is 14.2 Å². The highest BCUT2D eigenvalue weighted by Crippen LogP contribution is 2.33. The molecule has 0 unspecified atom stereocenters. The third-order valence-corrected chi connectivity index (χ3v) is 3.36. The molecule has 0 saturated carbocycles. The van der Waals surface area contributed by atoms with Crippen molar-refractivity contribution in [2.24, 2.45) is 5.90 Å². The number of nitrogens with two attached hydrogens (primary N) is 1. The molecule has 1 heterocycles. The lowest BCUT2D eigenvalue weighted by atomic mass is 10.1. The molecule has 2 N–H and O–H groups in total. The van der Waals surface area contributed by atoms with Gasteiger partial charge in [-0.05, 0) is 25.0 Å². The van der Waals surface area contributed by atoms with Crippen molar-refractivity contribution in [3.05, 3.63) is 18.2 Å². The van der Waals surface area contributed by atoms with E-state index in [1.165, 1.54) is 0 Å². The highest BCUT2D eigenvalue weighted by Gasteiger charge is 2.21. The molecular formula is C13H20N2O3. The summed E-state index contributed by atoms with van der Waals surface area (Å²) in [6.07, 6.45) is 2.04. The van der Waals surface area contributed by atoms with Gasteiger partial charge in [0, 0.05) is 19.2 Å². The van der Waals surface area contributed by atoms with Crippen molar-refractivity contribution in [1.29, 1.82) is 0 Å². The third-order valence-electron chi connectivity index (χ3n) is 3.36. The number of anilines is 1. The molecule has 0 atom stereocenters. The Morgan fingerprint density at radius 1 is 1.17 bits per heavy atom. The summed E-state index contributed by atoms with van der Waals surface area (Å²) in [7, 11) is 3.33. The molecule has 0 bridgehead atoms. The SMILES string of the molecule is COc1ccc(N2CCC(ON)CC2)c(OC)c1. The summed E-state index contributed by atoms with van der Waals surface area (Å²) in [6, 6.07) is 5.88. The first kappa shape index (κ1) is 13.0. The summed E-state index contributed by atoms with van der Waals surface area (Å²) in [5, 5.41) is 0. The van der Waals surface area contributed by atoms with Crippen LogP contribution in [0.3, 0.4) is 0 Å². The van der Waals surface area contributed by atoms with Crippen LogP contribution in [0.5, 0.6) is 11.5 Å². The van der Waals surface area contributed by atoms with Crippen molar-refractivity contribution in [3.63, 3.8) is 0 Å². The summed E-state index contributed by atoms with van der Waals surface area (Å²) >= 11 is 0. The number of benzene rings is 1. The van der Waals surface area contributed by atoms with E-state index in [1.807, 2.05) is 18.2 Å². The number of hydrogen-bond donors (Lipinski definition) is 1. The first-order valence-corrected chi connectivity index (χ1v) is 6.11. The van der Waals surface area contributed by atoms with Crippen LogP contribution in [0.15, 0.2) is 18.2 Å². The number of rotatable bonds is 4. The second kappa shape index (κ2) is 5.93. The minimum atomic E-state index is 0.172. The minimum Gasteiger partial charge on any atom is -0.497 e. The van der Waals surface area contributed by atoms with E-state index in [4.69, 9.17) is 20.2 Å². The lowest BCUT2D eigenvalue weighted by Gasteiger charge is -2.33.